The fourth-order valence-corrected chi connectivity index (χ4v) is 4.58. The molecule has 0 atom stereocenters. The second-order valence-electron chi connectivity index (χ2n) is 8.38. The van der Waals surface area contributed by atoms with Gasteiger partial charge in [-0.15, -0.1) is 0 Å². The van der Waals surface area contributed by atoms with Gasteiger partial charge >= 0.3 is 12.1 Å². The van der Waals surface area contributed by atoms with Crippen molar-refractivity contribution in [3.8, 4) is 22.4 Å². The van der Waals surface area contributed by atoms with Gasteiger partial charge in [0.1, 0.15) is 12.3 Å². The number of carbonyl (C=O) groups is 2. The van der Waals surface area contributed by atoms with Crippen molar-refractivity contribution >= 4 is 29.6 Å². The van der Waals surface area contributed by atoms with Gasteiger partial charge in [0.05, 0.1) is 24.3 Å². The average molecular weight is 486 g/mol. The molecule has 1 heterocycles. The maximum absolute atomic E-state index is 12.2. The van der Waals surface area contributed by atoms with E-state index in [2.05, 4.69) is 14.1 Å². The van der Waals surface area contributed by atoms with Gasteiger partial charge in [-0.2, -0.15) is 8.75 Å². The van der Waals surface area contributed by atoms with E-state index in [1.54, 1.807) is 0 Å². The summed E-state index contributed by atoms with van der Waals surface area (Å²) in [5.41, 5.74) is 4.92. The van der Waals surface area contributed by atoms with E-state index in [0.717, 1.165) is 52.4 Å². The fourth-order valence-electron chi connectivity index (χ4n) is 4.05. The van der Waals surface area contributed by atoms with Gasteiger partial charge in [-0.05, 0) is 35.1 Å². The van der Waals surface area contributed by atoms with E-state index < -0.39 is 11.5 Å². The van der Waals surface area contributed by atoms with E-state index in [1.165, 1.54) is 7.11 Å². The number of hydrogen-bond acceptors (Lipinski definition) is 7. The van der Waals surface area contributed by atoms with Crippen molar-refractivity contribution < 1.29 is 19.1 Å². The molecule has 5 rings (SSSR count). The van der Waals surface area contributed by atoms with Crippen LogP contribution in [0.1, 0.15) is 24.0 Å². The predicted octanol–water partition coefficient (Wildman–Crippen LogP) is 5.83. The highest BCUT2D eigenvalue weighted by Gasteiger charge is 2.52. The molecule has 0 saturated heterocycles. The molecule has 3 aromatic carbocycles. The highest BCUT2D eigenvalue weighted by atomic mass is 32.1. The Kier molecular flexibility index (Phi) is 6.29. The van der Waals surface area contributed by atoms with Crippen LogP contribution in [-0.4, -0.2) is 27.9 Å². The van der Waals surface area contributed by atoms with Gasteiger partial charge in [0, 0.05) is 5.56 Å². The van der Waals surface area contributed by atoms with E-state index in [1.807, 2.05) is 78.9 Å². The zero-order valence-corrected chi connectivity index (χ0v) is 19.9. The number of anilines is 1. The first-order valence-electron chi connectivity index (χ1n) is 11.2. The van der Waals surface area contributed by atoms with Crippen LogP contribution in [0.25, 0.3) is 22.4 Å². The minimum Gasteiger partial charge on any atom is -0.468 e. The molecule has 4 aromatic rings. The van der Waals surface area contributed by atoms with Crippen molar-refractivity contribution in [3.63, 3.8) is 0 Å². The lowest BCUT2D eigenvalue weighted by molar-refractivity contribution is -0.143. The number of amides is 1. The fraction of sp³-hybridized carbons (Fsp3) is 0.185. The van der Waals surface area contributed by atoms with Crippen LogP contribution in [0.4, 0.5) is 10.6 Å². The number of nitrogens with one attached hydrogen (secondary N) is 1. The van der Waals surface area contributed by atoms with Crippen molar-refractivity contribution in [2.75, 3.05) is 12.4 Å². The Labute approximate surface area is 207 Å². The van der Waals surface area contributed by atoms with Crippen LogP contribution in [0.5, 0.6) is 0 Å². The molecule has 0 aliphatic heterocycles. The minimum absolute atomic E-state index is 0.167. The first-order valence-corrected chi connectivity index (χ1v) is 11.9. The molecule has 8 heteroatoms. The summed E-state index contributed by atoms with van der Waals surface area (Å²) in [5, 5.41) is 2.68. The van der Waals surface area contributed by atoms with Crippen LogP contribution in [-0.2, 0) is 26.3 Å². The Hall–Kier alpha value is -4.04. The Balaban J connectivity index is 1.26. The molecule has 35 heavy (non-hydrogen) atoms. The summed E-state index contributed by atoms with van der Waals surface area (Å²) < 4.78 is 18.8. The van der Waals surface area contributed by atoms with Crippen LogP contribution < -0.4 is 5.32 Å². The molecule has 1 fully saturated rings. The summed E-state index contributed by atoms with van der Waals surface area (Å²) in [6.45, 7) is 0.174. The summed E-state index contributed by atoms with van der Waals surface area (Å²) in [4.78, 5) is 24.4. The number of esters is 1. The molecule has 1 aliphatic carbocycles. The van der Waals surface area contributed by atoms with Crippen LogP contribution in [0, 0.1) is 0 Å². The Morgan fingerprint density at radius 1 is 0.886 bits per heavy atom. The highest BCUT2D eigenvalue weighted by molar-refractivity contribution is 6.99. The molecular weight excluding hydrogens is 462 g/mol. The van der Waals surface area contributed by atoms with E-state index in [4.69, 9.17) is 9.47 Å². The number of benzene rings is 3. The van der Waals surface area contributed by atoms with Gasteiger partial charge in [0.25, 0.3) is 0 Å². The first-order chi connectivity index (χ1) is 17.1. The van der Waals surface area contributed by atoms with Gasteiger partial charge < -0.3 is 9.47 Å². The van der Waals surface area contributed by atoms with Crippen LogP contribution >= 0.6 is 11.7 Å². The third-order valence-electron chi connectivity index (χ3n) is 6.18. The smallest absolute Gasteiger partial charge is 0.413 e. The molecule has 0 radical (unpaired) electrons. The standard InChI is InChI=1S/C27H23N3O4S/c1-33-25(31)27(15-16-27)22-13-11-20(12-14-22)19-7-9-21(10-8-19)23-24(30-35-29-23)28-26(32)34-17-18-5-3-2-4-6-18/h2-14H,15-17H2,1H3,(H,28,30,32). The average Bonchev–Trinajstić information content (AvgIpc) is 3.60. The Bertz CT molecular complexity index is 1330. The molecule has 7 nitrogen and oxygen atoms in total. The molecule has 1 aromatic heterocycles. The molecule has 176 valence electrons. The summed E-state index contributed by atoms with van der Waals surface area (Å²) >= 11 is 1.02. The van der Waals surface area contributed by atoms with Gasteiger partial charge in [0.15, 0.2) is 5.82 Å². The molecular formula is C27H23N3O4S. The summed E-state index contributed by atoms with van der Waals surface area (Å²) in [6, 6.07) is 25.4. The first kappa shape index (κ1) is 22.7. The lowest BCUT2D eigenvalue weighted by Gasteiger charge is -2.13. The molecule has 0 unspecified atom stereocenters. The number of methoxy groups -OCH3 is 1. The van der Waals surface area contributed by atoms with Gasteiger partial charge in [0.2, 0.25) is 0 Å². The van der Waals surface area contributed by atoms with Gasteiger partial charge in [-0.1, -0.05) is 78.9 Å². The molecule has 0 spiro atoms. The van der Waals surface area contributed by atoms with Crippen molar-refractivity contribution in [2.24, 2.45) is 0 Å². The summed E-state index contributed by atoms with van der Waals surface area (Å²) in [5.74, 6) is 0.197. The van der Waals surface area contributed by atoms with Crippen molar-refractivity contribution in [2.45, 2.75) is 24.9 Å². The van der Waals surface area contributed by atoms with E-state index >= 15 is 0 Å². The van der Waals surface area contributed by atoms with Crippen molar-refractivity contribution in [3.05, 3.63) is 90.0 Å². The molecule has 1 aliphatic rings. The topological polar surface area (TPSA) is 90.4 Å². The maximum Gasteiger partial charge on any atom is 0.413 e. The second kappa shape index (κ2) is 9.68. The second-order valence-corrected chi connectivity index (χ2v) is 8.91. The Morgan fingerprint density at radius 2 is 1.51 bits per heavy atom. The number of aromatic nitrogens is 2. The van der Waals surface area contributed by atoms with Crippen molar-refractivity contribution in [1.82, 2.24) is 8.75 Å². The number of nitrogens with zero attached hydrogens (tertiary/aromatic N) is 2. The predicted molar refractivity (Wildman–Crippen MR) is 134 cm³/mol. The number of rotatable bonds is 7. The number of ether oxygens (including phenoxy) is 2. The number of hydrogen-bond donors (Lipinski definition) is 1. The minimum atomic E-state index is -0.583. The monoisotopic (exact) mass is 485 g/mol. The third-order valence-corrected chi connectivity index (χ3v) is 6.71. The van der Waals surface area contributed by atoms with Crippen molar-refractivity contribution in [1.29, 1.82) is 0 Å². The third kappa shape index (κ3) is 4.79. The van der Waals surface area contributed by atoms with E-state index in [9.17, 15) is 9.59 Å². The van der Waals surface area contributed by atoms with Gasteiger partial charge in [-0.3, -0.25) is 10.1 Å². The Morgan fingerprint density at radius 3 is 2.14 bits per heavy atom. The zero-order chi connectivity index (χ0) is 24.3. The molecule has 1 N–H and O–H groups in total. The van der Waals surface area contributed by atoms with Gasteiger partial charge in [-0.25, -0.2) is 4.79 Å². The van der Waals surface area contributed by atoms with Crippen LogP contribution in [0.15, 0.2) is 78.9 Å². The zero-order valence-electron chi connectivity index (χ0n) is 19.1. The molecule has 0 bridgehead atoms. The lowest BCUT2D eigenvalue weighted by atomic mass is 9.93. The quantitative estimate of drug-likeness (QED) is 0.332. The summed E-state index contributed by atoms with van der Waals surface area (Å²) in [7, 11) is 1.44. The normalized spacial score (nSPS) is 13.6. The maximum atomic E-state index is 12.2. The number of carbonyl (C=O) groups excluding carboxylic acids is 2. The van der Waals surface area contributed by atoms with Crippen LogP contribution in [0.2, 0.25) is 0 Å². The highest BCUT2D eigenvalue weighted by Crippen LogP contribution is 2.49. The summed E-state index contributed by atoms with van der Waals surface area (Å²) in [6.07, 6.45) is 1.07. The molecule has 1 saturated carbocycles. The van der Waals surface area contributed by atoms with E-state index in [-0.39, 0.29) is 12.6 Å². The van der Waals surface area contributed by atoms with Crippen LogP contribution in [0.3, 0.4) is 0 Å². The lowest BCUT2D eigenvalue weighted by Crippen LogP contribution is -2.21. The largest absolute Gasteiger partial charge is 0.468 e. The van der Waals surface area contributed by atoms with E-state index in [0.29, 0.717) is 11.5 Å². The molecule has 1 amide bonds. The SMILES string of the molecule is COC(=O)C1(c2ccc(-c3ccc(-c4nsnc4NC(=O)OCc4ccccc4)cc3)cc2)CC1.